The topological polar surface area (TPSA) is 49.4 Å². The van der Waals surface area contributed by atoms with E-state index >= 15 is 0 Å². The molecule has 1 unspecified atom stereocenters. The molecule has 0 saturated carbocycles. The summed E-state index contributed by atoms with van der Waals surface area (Å²) in [5, 5.41) is 3.97. The zero-order chi connectivity index (χ0) is 15.8. The van der Waals surface area contributed by atoms with Crippen molar-refractivity contribution in [1.82, 2.24) is 9.62 Å². The largest absolute Gasteiger partial charge is 0.313 e. The summed E-state index contributed by atoms with van der Waals surface area (Å²) in [5.41, 5.74) is 1.16. The molecular weight excluding hydrogens is 331 g/mol. The quantitative estimate of drug-likeness (QED) is 0.907. The molecule has 7 heteroatoms. The van der Waals surface area contributed by atoms with Gasteiger partial charge in [0.05, 0.1) is 5.02 Å². The first kappa shape index (κ1) is 17.0. The molecule has 1 heterocycles. The molecule has 1 aliphatic heterocycles. The van der Waals surface area contributed by atoms with Crippen molar-refractivity contribution in [2.45, 2.75) is 37.6 Å². The third kappa shape index (κ3) is 3.37. The zero-order valence-electron chi connectivity index (χ0n) is 12.4. The van der Waals surface area contributed by atoms with Crippen LogP contribution >= 0.6 is 23.2 Å². The van der Waals surface area contributed by atoms with Crippen molar-refractivity contribution in [3.8, 4) is 0 Å². The lowest BCUT2D eigenvalue weighted by Crippen LogP contribution is -2.39. The van der Waals surface area contributed by atoms with Gasteiger partial charge in [-0.1, -0.05) is 23.2 Å². The van der Waals surface area contributed by atoms with Gasteiger partial charge in [-0.05, 0) is 50.4 Å². The molecule has 21 heavy (non-hydrogen) atoms. The Morgan fingerprint density at radius 1 is 1.38 bits per heavy atom. The number of benzene rings is 1. The van der Waals surface area contributed by atoms with Crippen LogP contribution in [0.15, 0.2) is 11.0 Å². The first-order valence-electron chi connectivity index (χ1n) is 6.90. The SMILES string of the molecule is Cc1cc(Cl)c(C)c(S(=O)(=O)N(C)CC2CCCN2)c1Cl. The summed E-state index contributed by atoms with van der Waals surface area (Å²) in [4.78, 5) is 0.120. The first-order chi connectivity index (χ1) is 9.75. The van der Waals surface area contributed by atoms with E-state index in [1.165, 1.54) is 4.31 Å². The molecule has 1 atom stereocenters. The second-order valence-corrected chi connectivity index (χ2v) is 8.29. The molecule has 1 fully saturated rings. The van der Waals surface area contributed by atoms with Crippen molar-refractivity contribution in [3.63, 3.8) is 0 Å². The fourth-order valence-corrected chi connectivity index (χ4v) is 4.97. The van der Waals surface area contributed by atoms with Crippen LogP contribution in [0.5, 0.6) is 0 Å². The molecule has 1 N–H and O–H groups in total. The average Bonchev–Trinajstić information content (AvgIpc) is 2.89. The van der Waals surface area contributed by atoms with Crippen molar-refractivity contribution in [2.75, 3.05) is 20.1 Å². The minimum absolute atomic E-state index is 0.120. The third-order valence-electron chi connectivity index (χ3n) is 3.90. The molecule has 1 aliphatic rings. The minimum atomic E-state index is -3.66. The van der Waals surface area contributed by atoms with E-state index in [2.05, 4.69) is 5.32 Å². The highest BCUT2D eigenvalue weighted by molar-refractivity contribution is 7.89. The summed E-state index contributed by atoms with van der Waals surface area (Å²) in [7, 11) is -2.07. The lowest BCUT2D eigenvalue weighted by atomic mass is 10.2. The van der Waals surface area contributed by atoms with Gasteiger partial charge in [-0.2, -0.15) is 4.31 Å². The van der Waals surface area contributed by atoms with Crippen molar-refractivity contribution in [2.24, 2.45) is 0 Å². The van der Waals surface area contributed by atoms with E-state index in [4.69, 9.17) is 23.2 Å². The van der Waals surface area contributed by atoms with Gasteiger partial charge in [0.25, 0.3) is 0 Å². The monoisotopic (exact) mass is 350 g/mol. The van der Waals surface area contributed by atoms with Crippen molar-refractivity contribution in [1.29, 1.82) is 0 Å². The number of sulfonamides is 1. The summed E-state index contributed by atoms with van der Waals surface area (Å²) >= 11 is 12.4. The van der Waals surface area contributed by atoms with Crippen LogP contribution in [0.4, 0.5) is 0 Å². The fraction of sp³-hybridized carbons (Fsp3) is 0.571. The standard InChI is InChI=1S/C14H20Cl2N2O2S/c1-9-7-12(15)10(2)14(13(9)16)21(19,20)18(3)8-11-5-4-6-17-11/h7,11,17H,4-6,8H2,1-3H3. The number of nitrogens with one attached hydrogen (secondary N) is 1. The van der Waals surface area contributed by atoms with E-state index in [0.717, 1.165) is 19.4 Å². The maximum atomic E-state index is 12.8. The summed E-state index contributed by atoms with van der Waals surface area (Å²) in [6.45, 7) is 4.81. The number of hydrogen-bond acceptors (Lipinski definition) is 3. The van der Waals surface area contributed by atoms with Gasteiger partial charge < -0.3 is 5.32 Å². The Hall–Kier alpha value is -0.330. The van der Waals surface area contributed by atoms with Gasteiger partial charge in [0.2, 0.25) is 10.0 Å². The van der Waals surface area contributed by atoms with Gasteiger partial charge in [0.15, 0.2) is 0 Å². The molecule has 0 spiro atoms. The lowest BCUT2D eigenvalue weighted by Gasteiger charge is -2.23. The maximum absolute atomic E-state index is 12.8. The second kappa shape index (κ2) is 6.42. The van der Waals surface area contributed by atoms with Crippen molar-refractivity contribution in [3.05, 3.63) is 27.2 Å². The number of nitrogens with zero attached hydrogens (tertiary/aromatic N) is 1. The predicted octanol–water partition coefficient (Wildman–Crippen LogP) is 2.98. The Bertz CT molecular complexity index is 615. The molecule has 0 radical (unpaired) electrons. The van der Waals surface area contributed by atoms with Crippen LogP contribution in [-0.2, 0) is 10.0 Å². The predicted molar refractivity (Wildman–Crippen MR) is 86.8 cm³/mol. The number of aryl methyl sites for hydroxylation is 1. The van der Waals surface area contributed by atoms with Gasteiger partial charge in [-0.15, -0.1) is 0 Å². The normalized spacial score (nSPS) is 19.4. The molecule has 2 rings (SSSR count). The summed E-state index contributed by atoms with van der Waals surface area (Å²) in [5.74, 6) is 0. The van der Waals surface area contributed by atoms with E-state index in [9.17, 15) is 8.42 Å². The Morgan fingerprint density at radius 3 is 2.62 bits per heavy atom. The fourth-order valence-electron chi connectivity index (χ4n) is 2.60. The molecule has 4 nitrogen and oxygen atoms in total. The molecule has 118 valence electrons. The van der Waals surface area contributed by atoms with E-state index in [0.29, 0.717) is 22.7 Å². The lowest BCUT2D eigenvalue weighted by molar-refractivity contribution is 0.417. The van der Waals surface area contributed by atoms with Crippen LogP contribution in [0, 0.1) is 13.8 Å². The molecular formula is C14H20Cl2N2O2S. The highest BCUT2D eigenvalue weighted by atomic mass is 35.5. The van der Waals surface area contributed by atoms with E-state index in [1.807, 2.05) is 0 Å². The minimum Gasteiger partial charge on any atom is -0.313 e. The average molecular weight is 351 g/mol. The highest BCUT2D eigenvalue weighted by Crippen LogP contribution is 2.34. The van der Waals surface area contributed by atoms with Crippen LogP contribution < -0.4 is 5.32 Å². The van der Waals surface area contributed by atoms with Crippen LogP contribution in [0.2, 0.25) is 10.0 Å². The molecule has 1 saturated heterocycles. The summed E-state index contributed by atoms with van der Waals surface area (Å²) < 4.78 is 27.0. The van der Waals surface area contributed by atoms with Gasteiger partial charge >= 0.3 is 0 Å². The van der Waals surface area contributed by atoms with Gasteiger partial charge in [-0.3, -0.25) is 0 Å². The molecule has 0 aromatic heterocycles. The second-order valence-electron chi connectivity index (χ2n) is 5.52. The Balaban J connectivity index is 2.39. The summed E-state index contributed by atoms with van der Waals surface area (Å²) in [6.07, 6.45) is 2.07. The smallest absolute Gasteiger partial charge is 0.244 e. The number of likely N-dealkylation sites (N-methyl/N-ethyl adjacent to an activating group) is 1. The van der Waals surface area contributed by atoms with E-state index < -0.39 is 10.0 Å². The molecule has 0 bridgehead atoms. The Kier molecular flexibility index (Phi) is 5.21. The number of halogens is 2. The van der Waals surface area contributed by atoms with Gasteiger partial charge in [0.1, 0.15) is 4.90 Å². The first-order valence-corrected chi connectivity index (χ1v) is 9.09. The number of hydrogen-bond donors (Lipinski definition) is 1. The van der Waals surface area contributed by atoms with E-state index in [1.54, 1.807) is 27.0 Å². The zero-order valence-corrected chi connectivity index (χ0v) is 14.7. The van der Waals surface area contributed by atoms with Gasteiger partial charge in [-0.25, -0.2) is 8.42 Å². The van der Waals surface area contributed by atoms with Crippen LogP contribution in [0.3, 0.4) is 0 Å². The van der Waals surface area contributed by atoms with Crippen molar-refractivity contribution < 1.29 is 8.42 Å². The van der Waals surface area contributed by atoms with Crippen molar-refractivity contribution >= 4 is 33.2 Å². The molecule has 1 aromatic carbocycles. The van der Waals surface area contributed by atoms with E-state index in [-0.39, 0.29) is 16.0 Å². The van der Waals surface area contributed by atoms with Crippen LogP contribution in [0.25, 0.3) is 0 Å². The van der Waals surface area contributed by atoms with Crippen LogP contribution in [0.1, 0.15) is 24.0 Å². The summed E-state index contributed by atoms with van der Waals surface area (Å²) in [6, 6.07) is 1.89. The van der Waals surface area contributed by atoms with Gasteiger partial charge in [0, 0.05) is 24.7 Å². The molecule has 1 aromatic rings. The maximum Gasteiger partial charge on any atom is 0.244 e. The number of rotatable bonds is 4. The Morgan fingerprint density at radius 2 is 2.05 bits per heavy atom. The molecule has 0 amide bonds. The Labute approximate surface area is 136 Å². The third-order valence-corrected chi connectivity index (χ3v) is 6.88. The highest BCUT2D eigenvalue weighted by Gasteiger charge is 2.30. The van der Waals surface area contributed by atoms with Crippen LogP contribution in [-0.4, -0.2) is 38.9 Å². The molecule has 0 aliphatic carbocycles.